The van der Waals surface area contributed by atoms with Crippen molar-refractivity contribution in [1.29, 1.82) is 0 Å². The van der Waals surface area contributed by atoms with Crippen molar-refractivity contribution in [3.63, 3.8) is 0 Å². The summed E-state index contributed by atoms with van der Waals surface area (Å²) in [5, 5.41) is 0. The molecule has 1 rings (SSSR count). The van der Waals surface area contributed by atoms with Crippen LogP contribution in [0.25, 0.3) is 0 Å². The van der Waals surface area contributed by atoms with E-state index in [0.29, 0.717) is 5.92 Å². The number of hydrogen-bond acceptors (Lipinski definition) is 3. The van der Waals surface area contributed by atoms with Crippen LogP contribution in [0, 0.1) is 5.92 Å². The van der Waals surface area contributed by atoms with E-state index in [1.165, 1.54) is 0 Å². The van der Waals surface area contributed by atoms with Crippen LogP contribution in [-0.2, 0) is 11.3 Å². The monoisotopic (exact) mass is 225 g/mol. The van der Waals surface area contributed by atoms with Crippen LogP contribution in [0.4, 0.5) is 0 Å². The van der Waals surface area contributed by atoms with Gasteiger partial charge in [-0.1, -0.05) is 13.8 Å². The van der Waals surface area contributed by atoms with Crippen LogP contribution in [0.15, 0.2) is 12.5 Å². The third kappa shape index (κ3) is 3.32. The summed E-state index contributed by atoms with van der Waals surface area (Å²) in [4.78, 5) is 4.17. The van der Waals surface area contributed by atoms with Gasteiger partial charge in [0.1, 0.15) is 0 Å². The maximum Gasteiger partial charge on any atom is 0.0949 e. The van der Waals surface area contributed by atoms with Gasteiger partial charge in [0.25, 0.3) is 0 Å². The first-order valence-corrected chi connectivity index (χ1v) is 5.93. The molecule has 0 aliphatic rings. The summed E-state index contributed by atoms with van der Waals surface area (Å²) < 4.78 is 7.61. The SMILES string of the molecule is CCOC(C)Cn1cncc1C(N)C(C)C. The van der Waals surface area contributed by atoms with Crippen LogP contribution in [-0.4, -0.2) is 22.3 Å². The average Bonchev–Trinajstić information content (AvgIpc) is 2.64. The summed E-state index contributed by atoms with van der Waals surface area (Å²) in [7, 11) is 0. The first kappa shape index (κ1) is 13.2. The molecule has 16 heavy (non-hydrogen) atoms. The molecule has 0 fully saturated rings. The molecule has 1 heterocycles. The molecule has 0 aromatic carbocycles. The fourth-order valence-electron chi connectivity index (χ4n) is 1.72. The Morgan fingerprint density at radius 2 is 2.12 bits per heavy atom. The van der Waals surface area contributed by atoms with Crippen molar-refractivity contribution in [1.82, 2.24) is 9.55 Å². The van der Waals surface area contributed by atoms with Crippen LogP contribution in [0.2, 0.25) is 0 Å². The molecule has 0 saturated carbocycles. The van der Waals surface area contributed by atoms with E-state index in [1.807, 2.05) is 19.4 Å². The highest BCUT2D eigenvalue weighted by Gasteiger charge is 2.16. The highest BCUT2D eigenvalue weighted by Crippen LogP contribution is 2.18. The normalized spacial score (nSPS) is 15.4. The minimum Gasteiger partial charge on any atom is -0.377 e. The average molecular weight is 225 g/mol. The number of rotatable bonds is 6. The van der Waals surface area contributed by atoms with Crippen molar-refractivity contribution in [2.75, 3.05) is 6.61 Å². The molecule has 1 aromatic heterocycles. The Morgan fingerprint density at radius 3 is 2.69 bits per heavy atom. The third-order valence-electron chi connectivity index (χ3n) is 2.71. The van der Waals surface area contributed by atoms with Gasteiger partial charge in [-0.3, -0.25) is 0 Å². The number of nitrogens with two attached hydrogens (primary N) is 1. The zero-order valence-corrected chi connectivity index (χ0v) is 10.7. The van der Waals surface area contributed by atoms with Crippen molar-refractivity contribution in [3.05, 3.63) is 18.2 Å². The van der Waals surface area contributed by atoms with Crippen molar-refractivity contribution in [3.8, 4) is 0 Å². The molecule has 0 radical (unpaired) electrons. The van der Waals surface area contributed by atoms with E-state index in [1.54, 1.807) is 0 Å². The molecule has 92 valence electrons. The molecule has 2 atom stereocenters. The molecule has 0 aliphatic carbocycles. The fraction of sp³-hybridized carbons (Fsp3) is 0.750. The van der Waals surface area contributed by atoms with E-state index < -0.39 is 0 Å². The second kappa shape index (κ2) is 6.01. The summed E-state index contributed by atoms with van der Waals surface area (Å²) >= 11 is 0. The van der Waals surface area contributed by atoms with Crippen LogP contribution < -0.4 is 5.73 Å². The van der Waals surface area contributed by atoms with Gasteiger partial charge < -0.3 is 15.0 Å². The molecule has 0 spiro atoms. The van der Waals surface area contributed by atoms with Gasteiger partial charge in [-0.05, 0) is 19.8 Å². The standard InChI is InChI=1S/C12H23N3O/c1-5-16-10(4)7-15-8-14-6-11(15)12(13)9(2)3/h6,8-10,12H,5,7,13H2,1-4H3. The van der Waals surface area contributed by atoms with Crippen LogP contribution in [0.3, 0.4) is 0 Å². The molecule has 0 saturated heterocycles. The Kier molecular flexibility index (Phi) is 4.96. The number of nitrogens with zero attached hydrogens (tertiary/aromatic N) is 2. The van der Waals surface area contributed by atoms with Crippen LogP contribution in [0.1, 0.15) is 39.4 Å². The van der Waals surface area contributed by atoms with E-state index in [-0.39, 0.29) is 12.1 Å². The summed E-state index contributed by atoms with van der Waals surface area (Å²) in [5.41, 5.74) is 7.22. The van der Waals surface area contributed by atoms with Gasteiger partial charge in [0.15, 0.2) is 0 Å². The predicted molar refractivity (Wildman–Crippen MR) is 65.1 cm³/mol. The quantitative estimate of drug-likeness (QED) is 0.805. The largest absolute Gasteiger partial charge is 0.377 e. The Labute approximate surface area is 97.8 Å². The lowest BCUT2D eigenvalue weighted by atomic mass is 10.0. The van der Waals surface area contributed by atoms with Crippen LogP contribution in [0.5, 0.6) is 0 Å². The van der Waals surface area contributed by atoms with Gasteiger partial charge in [-0.15, -0.1) is 0 Å². The van der Waals surface area contributed by atoms with E-state index in [0.717, 1.165) is 18.8 Å². The zero-order valence-electron chi connectivity index (χ0n) is 10.7. The number of hydrogen-bond donors (Lipinski definition) is 1. The van der Waals surface area contributed by atoms with E-state index >= 15 is 0 Å². The van der Waals surface area contributed by atoms with Gasteiger partial charge in [-0.25, -0.2) is 4.98 Å². The predicted octanol–water partition coefficient (Wildman–Crippen LogP) is 1.96. The topological polar surface area (TPSA) is 53.1 Å². The first-order chi connectivity index (χ1) is 7.56. The molecule has 1 aromatic rings. The molecule has 0 amide bonds. The summed E-state index contributed by atoms with van der Waals surface area (Å²) in [5.74, 6) is 0.415. The minimum atomic E-state index is 0.0383. The van der Waals surface area contributed by atoms with Crippen molar-refractivity contribution in [2.45, 2.75) is 46.4 Å². The number of ether oxygens (including phenoxy) is 1. The Balaban J connectivity index is 2.70. The van der Waals surface area contributed by atoms with Gasteiger partial charge in [0.05, 0.1) is 18.1 Å². The Bertz CT molecular complexity index is 309. The highest BCUT2D eigenvalue weighted by molar-refractivity contribution is 5.05. The Hall–Kier alpha value is -0.870. The smallest absolute Gasteiger partial charge is 0.0949 e. The summed E-state index contributed by atoms with van der Waals surface area (Å²) in [6.07, 6.45) is 3.87. The van der Waals surface area contributed by atoms with Gasteiger partial charge >= 0.3 is 0 Å². The van der Waals surface area contributed by atoms with Gasteiger partial charge in [0.2, 0.25) is 0 Å². The fourth-order valence-corrected chi connectivity index (χ4v) is 1.72. The van der Waals surface area contributed by atoms with E-state index in [2.05, 4.69) is 30.3 Å². The van der Waals surface area contributed by atoms with E-state index in [9.17, 15) is 0 Å². The maximum absolute atomic E-state index is 6.13. The van der Waals surface area contributed by atoms with Crippen molar-refractivity contribution >= 4 is 0 Å². The van der Waals surface area contributed by atoms with E-state index in [4.69, 9.17) is 10.5 Å². The zero-order chi connectivity index (χ0) is 12.1. The summed E-state index contributed by atoms with van der Waals surface area (Å²) in [6.45, 7) is 9.85. The highest BCUT2D eigenvalue weighted by atomic mass is 16.5. The lowest BCUT2D eigenvalue weighted by Gasteiger charge is -2.20. The van der Waals surface area contributed by atoms with Crippen LogP contribution >= 0.6 is 0 Å². The maximum atomic E-state index is 6.13. The van der Waals surface area contributed by atoms with Gasteiger partial charge in [-0.2, -0.15) is 0 Å². The second-order valence-electron chi connectivity index (χ2n) is 4.51. The summed E-state index contributed by atoms with van der Waals surface area (Å²) in [6, 6.07) is 0.0383. The third-order valence-corrected chi connectivity index (χ3v) is 2.71. The van der Waals surface area contributed by atoms with Gasteiger partial charge in [0, 0.05) is 25.4 Å². The lowest BCUT2D eigenvalue weighted by molar-refractivity contribution is 0.0631. The molecule has 2 unspecified atom stereocenters. The number of imidazole rings is 1. The lowest BCUT2D eigenvalue weighted by Crippen LogP contribution is -2.24. The molecule has 2 N–H and O–H groups in total. The van der Waals surface area contributed by atoms with Crippen molar-refractivity contribution < 1.29 is 4.74 Å². The number of aromatic nitrogens is 2. The molecule has 4 nitrogen and oxygen atoms in total. The van der Waals surface area contributed by atoms with Crippen molar-refractivity contribution in [2.24, 2.45) is 11.7 Å². The molecule has 0 aliphatic heterocycles. The molecular formula is C12H23N3O. The first-order valence-electron chi connectivity index (χ1n) is 5.93. The minimum absolute atomic E-state index is 0.0383. The Morgan fingerprint density at radius 1 is 1.44 bits per heavy atom. The molecule has 0 bridgehead atoms. The second-order valence-corrected chi connectivity index (χ2v) is 4.51. The molecule has 4 heteroatoms. The molecular weight excluding hydrogens is 202 g/mol.